The first-order chi connectivity index (χ1) is 18.4. The summed E-state index contributed by atoms with van der Waals surface area (Å²) in [5, 5.41) is 40.9. The summed E-state index contributed by atoms with van der Waals surface area (Å²) < 4.78 is 19.7. The van der Waals surface area contributed by atoms with Gasteiger partial charge in [0.1, 0.15) is 31.0 Å². The molecule has 0 bridgehead atoms. The highest BCUT2D eigenvalue weighted by atomic mass is 79.9. The van der Waals surface area contributed by atoms with Gasteiger partial charge in [0.15, 0.2) is 17.5 Å². The Bertz CT molecular complexity index is 1160. The van der Waals surface area contributed by atoms with E-state index in [2.05, 4.69) is 30.9 Å². The Morgan fingerprint density at radius 3 is 2.55 bits per heavy atom. The Morgan fingerprint density at radius 1 is 1.05 bits per heavy atom. The van der Waals surface area contributed by atoms with Gasteiger partial charge in [0.05, 0.1) is 12.9 Å². The predicted molar refractivity (Wildman–Crippen MR) is 144 cm³/mol. The lowest BCUT2D eigenvalue weighted by atomic mass is 9.99. The lowest BCUT2D eigenvalue weighted by Gasteiger charge is -2.39. The van der Waals surface area contributed by atoms with Crippen molar-refractivity contribution in [2.24, 2.45) is 0 Å². The zero-order valence-electron chi connectivity index (χ0n) is 20.9. The van der Waals surface area contributed by atoms with Crippen LogP contribution in [0.5, 0.6) is 5.88 Å². The molecule has 5 atom stereocenters. The number of thiophene rings is 1. The van der Waals surface area contributed by atoms with E-state index < -0.39 is 37.3 Å². The van der Waals surface area contributed by atoms with Gasteiger partial charge in [0.25, 0.3) is 0 Å². The molecule has 0 saturated carbocycles. The third-order valence-corrected chi connectivity index (χ3v) is 8.02. The Labute approximate surface area is 232 Å². The van der Waals surface area contributed by atoms with E-state index in [1.807, 2.05) is 16.0 Å². The number of aromatic nitrogens is 4. The number of anilines is 1. The third-order valence-electron chi connectivity index (χ3n) is 6.35. The lowest BCUT2D eigenvalue weighted by molar-refractivity contribution is -0.301. The van der Waals surface area contributed by atoms with Crippen LogP contribution in [0.4, 0.5) is 5.95 Å². The van der Waals surface area contributed by atoms with Crippen molar-refractivity contribution in [1.29, 1.82) is 0 Å². The van der Waals surface area contributed by atoms with Crippen LogP contribution in [0.2, 0.25) is 0 Å². The number of halogens is 1. The van der Waals surface area contributed by atoms with Gasteiger partial charge in [-0.1, -0.05) is 25.7 Å². The van der Waals surface area contributed by atoms with Crippen LogP contribution < -0.4 is 10.5 Å². The zero-order chi connectivity index (χ0) is 27.1. The smallest absolute Gasteiger partial charge is 0.247 e. The quantitative estimate of drug-likeness (QED) is 0.167. The Balaban J connectivity index is 1.14. The van der Waals surface area contributed by atoms with Gasteiger partial charge in [-0.15, -0.1) is 11.3 Å². The van der Waals surface area contributed by atoms with Crippen molar-refractivity contribution < 1.29 is 34.6 Å². The van der Waals surface area contributed by atoms with E-state index in [-0.39, 0.29) is 5.95 Å². The second kappa shape index (κ2) is 13.9. The Hall–Kier alpha value is -1.91. The summed E-state index contributed by atoms with van der Waals surface area (Å²) in [5.41, 5.74) is 7.18. The highest BCUT2D eigenvalue weighted by Gasteiger charge is 2.43. The summed E-state index contributed by atoms with van der Waals surface area (Å²) in [6.07, 6.45) is 1.31. The van der Waals surface area contributed by atoms with Crippen molar-refractivity contribution in [1.82, 2.24) is 19.5 Å². The molecule has 1 aliphatic heterocycles. The fraction of sp³-hybridized carbons (Fsp3) is 0.625. The molecule has 4 heterocycles. The van der Waals surface area contributed by atoms with Crippen molar-refractivity contribution in [3.63, 3.8) is 0 Å². The molecule has 12 nitrogen and oxygen atoms in total. The summed E-state index contributed by atoms with van der Waals surface area (Å²) in [6, 6.07) is 2.00. The van der Waals surface area contributed by atoms with Crippen molar-refractivity contribution in [3.05, 3.63) is 27.1 Å². The van der Waals surface area contributed by atoms with Gasteiger partial charge in [-0.2, -0.15) is 9.97 Å². The largest absolute Gasteiger partial charge is 0.470 e. The van der Waals surface area contributed by atoms with Gasteiger partial charge >= 0.3 is 0 Å². The van der Waals surface area contributed by atoms with Crippen molar-refractivity contribution in [2.75, 3.05) is 18.9 Å². The zero-order valence-corrected chi connectivity index (χ0v) is 23.3. The summed E-state index contributed by atoms with van der Waals surface area (Å²) in [7, 11) is 0. The van der Waals surface area contributed by atoms with Gasteiger partial charge in [-0.3, -0.25) is 0 Å². The molecule has 6 N–H and O–H groups in total. The number of ether oxygens (including phenoxy) is 3. The molecule has 14 heteroatoms. The summed E-state index contributed by atoms with van der Waals surface area (Å²) in [6.45, 7) is 1.01. The van der Waals surface area contributed by atoms with Crippen LogP contribution in [0.25, 0.3) is 11.2 Å². The number of nitrogens with zero attached hydrogens (tertiary/aromatic N) is 4. The summed E-state index contributed by atoms with van der Waals surface area (Å²) in [5.74, 6) is 0.522. The fourth-order valence-corrected chi connectivity index (χ4v) is 5.63. The molecule has 0 aromatic carbocycles. The maximum Gasteiger partial charge on any atom is 0.247 e. The number of unbranched alkanes of at least 4 members (excludes halogenated alkanes) is 5. The molecule has 1 aliphatic rings. The average Bonchev–Trinajstić information content (AvgIpc) is 3.51. The topological polar surface area (TPSA) is 178 Å². The van der Waals surface area contributed by atoms with Gasteiger partial charge in [0.2, 0.25) is 11.8 Å². The number of hydrogen-bond acceptors (Lipinski definition) is 12. The highest BCUT2D eigenvalue weighted by Crippen LogP contribution is 2.26. The minimum atomic E-state index is -1.42. The van der Waals surface area contributed by atoms with Crippen molar-refractivity contribution in [2.45, 2.75) is 82.4 Å². The maximum absolute atomic E-state index is 10.00. The molecule has 0 amide bonds. The van der Waals surface area contributed by atoms with E-state index in [0.717, 1.165) is 54.4 Å². The predicted octanol–water partition coefficient (Wildman–Crippen LogP) is 1.97. The number of aryl methyl sites for hydroxylation is 1. The van der Waals surface area contributed by atoms with Crippen LogP contribution in [0, 0.1) is 0 Å². The van der Waals surface area contributed by atoms with E-state index in [0.29, 0.717) is 30.3 Å². The van der Waals surface area contributed by atoms with Gasteiger partial charge < -0.3 is 44.9 Å². The van der Waals surface area contributed by atoms with Crippen molar-refractivity contribution >= 4 is 44.4 Å². The molecular weight excluding hydrogens is 582 g/mol. The van der Waals surface area contributed by atoms with E-state index in [9.17, 15) is 20.4 Å². The number of rotatable bonds is 14. The second-order valence-electron chi connectivity index (χ2n) is 9.21. The SMILES string of the molecule is Nc1nc(OCc2cc(Br)cs2)c2ncn(CCCCCCCCOC3O[C@H](CO)[C@@H](O)[C@H](O)[C@H]3O)c2n1. The van der Waals surface area contributed by atoms with Crippen LogP contribution in [-0.2, 0) is 22.6 Å². The summed E-state index contributed by atoms with van der Waals surface area (Å²) >= 11 is 5.03. The Kier molecular flexibility index (Phi) is 10.7. The molecule has 1 fully saturated rings. The second-order valence-corrected chi connectivity index (χ2v) is 11.1. The van der Waals surface area contributed by atoms with Crippen molar-refractivity contribution in [3.8, 4) is 5.88 Å². The van der Waals surface area contributed by atoms with Gasteiger partial charge in [0, 0.05) is 27.9 Å². The molecule has 3 aromatic heterocycles. The van der Waals surface area contributed by atoms with E-state index in [4.69, 9.17) is 19.9 Å². The molecule has 38 heavy (non-hydrogen) atoms. The van der Waals surface area contributed by atoms with Crippen LogP contribution in [0.3, 0.4) is 0 Å². The normalized spacial score (nSPS) is 23.8. The van der Waals surface area contributed by atoms with Gasteiger partial charge in [-0.25, -0.2) is 4.98 Å². The lowest BCUT2D eigenvalue weighted by Crippen LogP contribution is -2.59. The summed E-state index contributed by atoms with van der Waals surface area (Å²) in [4.78, 5) is 14.1. The molecule has 0 spiro atoms. The average molecular weight is 617 g/mol. The number of aliphatic hydroxyl groups excluding tert-OH is 4. The first kappa shape index (κ1) is 29.1. The molecule has 3 aromatic rings. The van der Waals surface area contributed by atoms with Crippen LogP contribution in [-0.4, -0.2) is 83.9 Å². The molecule has 210 valence electrons. The Morgan fingerprint density at radius 2 is 1.82 bits per heavy atom. The molecular formula is C24H34BrN5O7S. The number of imidazole rings is 1. The number of nitrogen functional groups attached to an aromatic ring is 1. The molecule has 1 saturated heterocycles. The van der Waals surface area contributed by atoms with Crippen LogP contribution in [0.1, 0.15) is 43.4 Å². The number of nitrogens with two attached hydrogens (primary N) is 1. The minimum absolute atomic E-state index is 0.146. The third kappa shape index (κ3) is 7.39. The molecule has 4 rings (SSSR count). The molecule has 0 aliphatic carbocycles. The minimum Gasteiger partial charge on any atom is -0.470 e. The van der Waals surface area contributed by atoms with E-state index in [1.165, 1.54) is 0 Å². The standard InChI is InChI=1S/C24H34BrN5O7S/c25-14-9-15(38-12-14)11-36-22-17-21(28-24(26)29-22)30(13-27-17)7-5-3-1-2-4-6-8-35-23-20(34)19(33)18(32)16(10-31)37-23/h9,12-13,16,18-20,23,31-34H,1-8,10-11H2,(H2,26,28,29)/t16-,18-,19+,20-,23?/m1/s1. The van der Waals surface area contributed by atoms with Gasteiger partial charge in [-0.05, 0) is 34.8 Å². The van der Waals surface area contributed by atoms with E-state index >= 15 is 0 Å². The maximum atomic E-state index is 10.00. The van der Waals surface area contributed by atoms with Crippen LogP contribution >= 0.6 is 27.3 Å². The monoisotopic (exact) mass is 615 g/mol. The molecule has 0 radical (unpaired) electrons. The number of hydrogen-bond donors (Lipinski definition) is 5. The first-order valence-corrected chi connectivity index (χ1v) is 14.3. The number of aliphatic hydroxyl groups is 4. The number of fused-ring (bicyclic) bond motifs is 1. The highest BCUT2D eigenvalue weighted by molar-refractivity contribution is 9.10. The fourth-order valence-electron chi connectivity index (χ4n) is 4.26. The van der Waals surface area contributed by atoms with Crippen LogP contribution in [0.15, 0.2) is 22.2 Å². The van der Waals surface area contributed by atoms with E-state index in [1.54, 1.807) is 17.7 Å². The first-order valence-electron chi connectivity index (χ1n) is 12.6. The molecule has 1 unspecified atom stereocenters.